The van der Waals surface area contributed by atoms with Crippen LogP contribution in [0.1, 0.15) is 45.3 Å². The van der Waals surface area contributed by atoms with Crippen molar-refractivity contribution in [3.63, 3.8) is 0 Å². The Labute approximate surface area is 139 Å². The van der Waals surface area contributed by atoms with Crippen LogP contribution in [0.5, 0.6) is 0 Å². The SMILES string of the molecule is CC(C)Cc1nc(CN(C)CC2CCN(CC(C)O)CC2)no1. The monoisotopic (exact) mass is 324 g/mol. The van der Waals surface area contributed by atoms with E-state index in [1.807, 2.05) is 6.92 Å². The predicted molar refractivity (Wildman–Crippen MR) is 90.0 cm³/mol. The molecule has 1 fully saturated rings. The molecule has 0 radical (unpaired) electrons. The molecule has 0 aromatic carbocycles. The van der Waals surface area contributed by atoms with Crippen molar-refractivity contribution in [2.24, 2.45) is 11.8 Å². The van der Waals surface area contributed by atoms with Gasteiger partial charge in [0.2, 0.25) is 5.89 Å². The quantitative estimate of drug-likeness (QED) is 0.786. The van der Waals surface area contributed by atoms with Crippen LogP contribution in [0.25, 0.3) is 0 Å². The van der Waals surface area contributed by atoms with Crippen LogP contribution in [-0.2, 0) is 13.0 Å². The summed E-state index contributed by atoms with van der Waals surface area (Å²) in [6.45, 7) is 10.9. The molecule has 1 unspecified atom stereocenters. The van der Waals surface area contributed by atoms with Crippen LogP contribution >= 0.6 is 0 Å². The van der Waals surface area contributed by atoms with Crippen molar-refractivity contribution in [3.8, 4) is 0 Å². The van der Waals surface area contributed by atoms with E-state index in [0.717, 1.165) is 50.9 Å². The first-order chi connectivity index (χ1) is 10.9. The van der Waals surface area contributed by atoms with Crippen molar-refractivity contribution >= 4 is 0 Å². The highest BCUT2D eigenvalue weighted by Crippen LogP contribution is 2.19. The van der Waals surface area contributed by atoms with Crippen molar-refractivity contribution in [1.29, 1.82) is 0 Å². The molecule has 23 heavy (non-hydrogen) atoms. The fourth-order valence-corrected chi connectivity index (χ4v) is 3.26. The van der Waals surface area contributed by atoms with Gasteiger partial charge in [0.1, 0.15) is 0 Å². The third-order valence-electron chi connectivity index (χ3n) is 4.30. The molecule has 0 amide bonds. The first-order valence-corrected chi connectivity index (χ1v) is 8.82. The van der Waals surface area contributed by atoms with Gasteiger partial charge in [-0.05, 0) is 51.7 Å². The standard InChI is InChI=1S/C17H32N4O2/c1-13(2)9-17-18-16(19-23-17)12-20(4)11-15-5-7-21(8-6-15)10-14(3)22/h13-15,22H,5-12H2,1-4H3. The van der Waals surface area contributed by atoms with Gasteiger partial charge in [-0.3, -0.25) is 4.90 Å². The summed E-state index contributed by atoms with van der Waals surface area (Å²) in [5.41, 5.74) is 0. The van der Waals surface area contributed by atoms with Gasteiger partial charge < -0.3 is 14.5 Å². The Morgan fingerprint density at radius 2 is 2.00 bits per heavy atom. The second kappa shape index (κ2) is 8.76. The summed E-state index contributed by atoms with van der Waals surface area (Å²) >= 11 is 0. The molecule has 6 heteroatoms. The van der Waals surface area contributed by atoms with Gasteiger partial charge in [-0.15, -0.1) is 0 Å². The van der Waals surface area contributed by atoms with E-state index in [0.29, 0.717) is 11.8 Å². The van der Waals surface area contributed by atoms with Gasteiger partial charge >= 0.3 is 0 Å². The van der Waals surface area contributed by atoms with Crippen LogP contribution < -0.4 is 0 Å². The summed E-state index contributed by atoms with van der Waals surface area (Å²) in [5, 5.41) is 13.5. The molecule has 1 N–H and O–H groups in total. The molecule has 132 valence electrons. The summed E-state index contributed by atoms with van der Waals surface area (Å²) in [6, 6.07) is 0. The highest BCUT2D eigenvalue weighted by Gasteiger charge is 2.21. The lowest BCUT2D eigenvalue weighted by molar-refractivity contribution is 0.0916. The number of aromatic nitrogens is 2. The van der Waals surface area contributed by atoms with Gasteiger partial charge in [0.25, 0.3) is 0 Å². The molecule has 2 rings (SSSR count). The highest BCUT2D eigenvalue weighted by atomic mass is 16.5. The third kappa shape index (κ3) is 6.57. The van der Waals surface area contributed by atoms with Gasteiger partial charge in [0.15, 0.2) is 5.82 Å². The fraction of sp³-hybridized carbons (Fsp3) is 0.882. The number of nitrogens with zero attached hydrogens (tertiary/aromatic N) is 4. The van der Waals surface area contributed by atoms with E-state index in [2.05, 4.69) is 40.8 Å². The molecule has 6 nitrogen and oxygen atoms in total. The lowest BCUT2D eigenvalue weighted by Gasteiger charge is -2.34. The second-order valence-corrected chi connectivity index (χ2v) is 7.49. The average Bonchev–Trinajstić information content (AvgIpc) is 2.86. The number of likely N-dealkylation sites (tertiary alicyclic amines) is 1. The normalized spacial score (nSPS) is 18.9. The zero-order valence-corrected chi connectivity index (χ0v) is 15.0. The zero-order valence-electron chi connectivity index (χ0n) is 15.0. The van der Waals surface area contributed by atoms with Crippen molar-refractivity contribution in [2.75, 3.05) is 33.2 Å². The molecule has 1 aromatic rings. The summed E-state index contributed by atoms with van der Waals surface area (Å²) < 4.78 is 5.30. The molecule has 0 saturated carbocycles. The minimum absolute atomic E-state index is 0.229. The third-order valence-corrected chi connectivity index (χ3v) is 4.30. The van der Waals surface area contributed by atoms with E-state index in [1.54, 1.807) is 0 Å². The molecule has 0 bridgehead atoms. The van der Waals surface area contributed by atoms with E-state index in [9.17, 15) is 5.11 Å². The lowest BCUT2D eigenvalue weighted by Crippen LogP contribution is -2.40. The molecule has 1 aliphatic heterocycles. The number of piperidine rings is 1. The minimum Gasteiger partial charge on any atom is -0.392 e. The van der Waals surface area contributed by atoms with Crippen LogP contribution in [0.3, 0.4) is 0 Å². The number of β-amino-alcohol motifs (C(OH)–C–C–N with tert-alkyl or cyclic N) is 1. The van der Waals surface area contributed by atoms with E-state index >= 15 is 0 Å². The number of aliphatic hydroxyl groups excluding tert-OH is 1. The lowest BCUT2D eigenvalue weighted by atomic mass is 9.96. The summed E-state index contributed by atoms with van der Waals surface area (Å²) in [6.07, 6.45) is 3.01. The molecule has 0 spiro atoms. The molecular formula is C17H32N4O2. The topological polar surface area (TPSA) is 65.6 Å². The number of hydrogen-bond acceptors (Lipinski definition) is 6. The summed E-state index contributed by atoms with van der Waals surface area (Å²) in [4.78, 5) is 9.12. The van der Waals surface area contributed by atoms with Crippen molar-refractivity contribution < 1.29 is 9.63 Å². The van der Waals surface area contributed by atoms with Crippen molar-refractivity contribution in [3.05, 3.63) is 11.7 Å². The van der Waals surface area contributed by atoms with E-state index < -0.39 is 0 Å². The summed E-state index contributed by atoms with van der Waals surface area (Å²) in [5.74, 6) is 2.78. The van der Waals surface area contributed by atoms with Crippen molar-refractivity contribution in [1.82, 2.24) is 19.9 Å². The Morgan fingerprint density at radius 1 is 1.30 bits per heavy atom. The Hall–Kier alpha value is -0.980. The Kier molecular flexibility index (Phi) is 6.99. The first kappa shape index (κ1) is 18.4. The van der Waals surface area contributed by atoms with Crippen LogP contribution in [0, 0.1) is 11.8 Å². The summed E-state index contributed by atoms with van der Waals surface area (Å²) in [7, 11) is 2.13. The van der Waals surface area contributed by atoms with Crippen LogP contribution in [0.4, 0.5) is 0 Å². The van der Waals surface area contributed by atoms with Gasteiger partial charge in [0, 0.05) is 19.5 Å². The fourth-order valence-electron chi connectivity index (χ4n) is 3.26. The molecule has 1 aromatic heterocycles. The smallest absolute Gasteiger partial charge is 0.226 e. The first-order valence-electron chi connectivity index (χ1n) is 8.82. The minimum atomic E-state index is -0.229. The van der Waals surface area contributed by atoms with E-state index in [4.69, 9.17) is 4.52 Å². The van der Waals surface area contributed by atoms with Gasteiger partial charge in [-0.2, -0.15) is 4.98 Å². The maximum absolute atomic E-state index is 9.46. The number of hydrogen-bond donors (Lipinski definition) is 1. The van der Waals surface area contributed by atoms with Crippen LogP contribution in [0.2, 0.25) is 0 Å². The van der Waals surface area contributed by atoms with Gasteiger partial charge in [-0.25, -0.2) is 0 Å². The van der Waals surface area contributed by atoms with E-state index in [-0.39, 0.29) is 6.10 Å². The highest BCUT2D eigenvalue weighted by molar-refractivity contribution is 4.87. The number of rotatable bonds is 8. The van der Waals surface area contributed by atoms with Gasteiger partial charge in [0.05, 0.1) is 12.6 Å². The predicted octanol–water partition coefficient (Wildman–Crippen LogP) is 1.79. The van der Waals surface area contributed by atoms with Crippen molar-refractivity contribution in [2.45, 2.75) is 52.7 Å². The largest absolute Gasteiger partial charge is 0.392 e. The molecular weight excluding hydrogens is 292 g/mol. The molecule has 1 atom stereocenters. The number of aliphatic hydroxyl groups is 1. The Balaban J connectivity index is 1.71. The second-order valence-electron chi connectivity index (χ2n) is 7.49. The Bertz CT molecular complexity index is 453. The molecule has 1 aliphatic rings. The zero-order chi connectivity index (χ0) is 16.8. The van der Waals surface area contributed by atoms with E-state index in [1.165, 1.54) is 12.8 Å². The molecule has 0 aliphatic carbocycles. The van der Waals surface area contributed by atoms with Gasteiger partial charge in [-0.1, -0.05) is 19.0 Å². The van der Waals surface area contributed by atoms with Crippen LogP contribution in [0.15, 0.2) is 4.52 Å². The molecule has 2 heterocycles. The Morgan fingerprint density at radius 3 is 2.61 bits per heavy atom. The molecule has 1 saturated heterocycles. The maximum atomic E-state index is 9.46. The maximum Gasteiger partial charge on any atom is 0.226 e. The van der Waals surface area contributed by atoms with Crippen LogP contribution in [-0.4, -0.2) is 64.4 Å². The average molecular weight is 324 g/mol.